The van der Waals surface area contributed by atoms with E-state index in [4.69, 9.17) is 5.11 Å². The maximum absolute atomic E-state index is 12.7. The zero-order valence-electron chi connectivity index (χ0n) is 13.4. The van der Waals surface area contributed by atoms with Crippen LogP contribution < -0.4 is 0 Å². The average Bonchev–Trinajstić information content (AvgIpc) is 3.02. The van der Waals surface area contributed by atoms with Crippen LogP contribution in [0.5, 0.6) is 0 Å². The highest BCUT2D eigenvalue weighted by atomic mass is 32.2. The summed E-state index contributed by atoms with van der Waals surface area (Å²) in [6.07, 6.45) is 0. The molecule has 1 fully saturated rings. The molecule has 0 bridgehead atoms. The number of aromatic carboxylic acids is 1. The lowest BCUT2D eigenvalue weighted by atomic mass is 10.1. The predicted molar refractivity (Wildman–Crippen MR) is 88.6 cm³/mol. The van der Waals surface area contributed by atoms with Crippen LogP contribution in [0.4, 0.5) is 0 Å². The largest absolute Gasteiger partial charge is 0.478 e. The van der Waals surface area contributed by atoms with Gasteiger partial charge in [-0.2, -0.15) is 0 Å². The van der Waals surface area contributed by atoms with Gasteiger partial charge in [0.15, 0.2) is 0 Å². The van der Waals surface area contributed by atoms with Crippen molar-refractivity contribution in [2.45, 2.75) is 25.9 Å². The topological polar surface area (TPSA) is 77.9 Å². The zero-order chi connectivity index (χ0) is 17.1. The first-order valence-corrected chi connectivity index (χ1v) is 8.47. The molecule has 1 atom stereocenters. The Hall–Kier alpha value is -2.02. The molecule has 7 heteroatoms. The quantitative estimate of drug-likeness (QED) is 0.906. The second-order valence-corrected chi connectivity index (χ2v) is 6.72. The molecular weight excluding hydrogens is 316 g/mol. The third kappa shape index (κ3) is 3.67. The summed E-state index contributed by atoms with van der Waals surface area (Å²) in [7, 11) is 1.73. The van der Waals surface area contributed by atoms with Gasteiger partial charge in [0.25, 0.3) is 5.91 Å². The molecule has 0 aromatic heterocycles. The van der Waals surface area contributed by atoms with E-state index in [-0.39, 0.29) is 29.0 Å². The first-order valence-electron chi connectivity index (χ1n) is 7.31. The third-order valence-corrected chi connectivity index (χ3v) is 4.92. The van der Waals surface area contributed by atoms with Crippen LogP contribution >= 0.6 is 11.8 Å². The van der Waals surface area contributed by atoms with E-state index in [2.05, 4.69) is 0 Å². The SMILES string of the molecule is CC(C)N(C)C(=O)C1CSCN1C(=O)c1cccc(C(=O)O)c1. The van der Waals surface area contributed by atoms with Crippen LogP contribution in [0.1, 0.15) is 34.6 Å². The van der Waals surface area contributed by atoms with Crippen molar-refractivity contribution in [3.8, 4) is 0 Å². The van der Waals surface area contributed by atoms with Gasteiger partial charge in [-0.05, 0) is 32.0 Å². The number of carbonyl (C=O) groups excluding carboxylic acids is 2. The lowest BCUT2D eigenvalue weighted by Crippen LogP contribution is -2.49. The number of hydrogen-bond acceptors (Lipinski definition) is 4. The fourth-order valence-electron chi connectivity index (χ4n) is 2.29. The highest BCUT2D eigenvalue weighted by molar-refractivity contribution is 7.99. The summed E-state index contributed by atoms with van der Waals surface area (Å²) in [5.74, 6) is -0.498. The summed E-state index contributed by atoms with van der Waals surface area (Å²) in [5, 5.41) is 9.04. The molecule has 1 aliphatic heterocycles. The van der Waals surface area contributed by atoms with Crippen LogP contribution in [-0.2, 0) is 4.79 Å². The van der Waals surface area contributed by atoms with Crippen molar-refractivity contribution in [3.05, 3.63) is 35.4 Å². The van der Waals surface area contributed by atoms with Crippen LogP contribution in [0.3, 0.4) is 0 Å². The number of thioether (sulfide) groups is 1. The summed E-state index contributed by atoms with van der Waals surface area (Å²) in [4.78, 5) is 39.4. The van der Waals surface area contributed by atoms with Gasteiger partial charge in [-0.3, -0.25) is 9.59 Å². The van der Waals surface area contributed by atoms with Gasteiger partial charge in [0, 0.05) is 24.4 Å². The van der Waals surface area contributed by atoms with Crippen LogP contribution in [0.25, 0.3) is 0 Å². The summed E-state index contributed by atoms with van der Waals surface area (Å²) in [6.45, 7) is 3.84. The van der Waals surface area contributed by atoms with Crippen molar-refractivity contribution in [2.75, 3.05) is 18.7 Å². The summed E-state index contributed by atoms with van der Waals surface area (Å²) in [6, 6.07) is 5.45. The van der Waals surface area contributed by atoms with E-state index in [0.717, 1.165) is 0 Å². The molecule has 23 heavy (non-hydrogen) atoms. The Morgan fingerprint density at radius 3 is 2.57 bits per heavy atom. The molecule has 2 amide bonds. The molecule has 0 saturated carbocycles. The number of nitrogens with zero attached hydrogens (tertiary/aromatic N) is 2. The smallest absolute Gasteiger partial charge is 0.335 e. The molecule has 1 aromatic carbocycles. The number of benzene rings is 1. The Balaban J connectivity index is 2.22. The Morgan fingerprint density at radius 2 is 1.96 bits per heavy atom. The number of likely N-dealkylation sites (N-methyl/N-ethyl adjacent to an activating group) is 1. The van der Waals surface area contributed by atoms with E-state index in [1.807, 2.05) is 13.8 Å². The summed E-state index contributed by atoms with van der Waals surface area (Å²) >= 11 is 1.52. The van der Waals surface area contributed by atoms with E-state index >= 15 is 0 Å². The minimum atomic E-state index is -1.08. The molecule has 0 spiro atoms. The number of rotatable bonds is 4. The highest BCUT2D eigenvalue weighted by Crippen LogP contribution is 2.25. The van der Waals surface area contributed by atoms with Gasteiger partial charge in [-0.15, -0.1) is 11.8 Å². The highest BCUT2D eigenvalue weighted by Gasteiger charge is 2.37. The van der Waals surface area contributed by atoms with Gasteiger partial charge in [0.05, 0.1) is 11.4 Å². The van der Waals surface area contributed by atoms with Crippen molar-refractivity contribution in [1.82, 2.24) is 9.80 Å². The Bertz CT molecular complexity index is 632. The van der Waals surface area contributed by atoms with E-state index < -0.39 is 12.0 Å². The van der Waals surface area contributed by atoms with E-state index in [0.29, 0.717) is 11.6 Å². The molecule has 0 aliphatic carbocycles. The van der Waals surface area contributed by atoms with Gasteiger partial charge in [-0.1, -0.05) is 6.07 Å². The second-order valence-electron chi connectivity index (χ2n) is 5.72. The Labute approximate surface area is 139 Å². The molecule has 0 radical (unpaired) electrons. The molecule has 124 valence electrons. The monoisotopic (exact) mass is 336 g/mol. The predicted octanol–water partition coefficient (Wildman–Crippen LogP) is 1.77. The molecule has 1 heterocycles. The van der Waals surface area contributed by atoms with E-state index in [9.17, 15) is 14.4 Å². The van der Waals surface area contributed by atoms with Crippen LogP contribution in [-0.4, -0.2) is 63.5 Å². The molecule has 1 N–H and O–H groups in total. The van der Waals surface area contributed by atoms with Crippen molar-refractivity contribution in [1.29, 1.82) is 0 Å². The van der Waals surface area contributed by atoms with Crippen LogP contribution in [0, 0.1) is 0 Å². The molecule has 1 aromatic rings. The maximum atomic E-state index is 12.7. The number of carboxylic acids is 1. The molecule has 2 rings (SSSR count). The fourth-order valence-corrected chi connectivity index (χ4v) is 3.43. The summed E-state index contributed by atoms with van der Waals surface area (Å²) < 4.78 is 0. The lowest BCUT2D eigenvalue weighted by Gasteiger charge is -2.29. The summed E-state index contributed by atoms with van der Waals surface area (Å²) in [5.41, 5.74) is 0.349. The van der Waals surface area contributed by atoms with E-state index in [1.54, 1.807) is 18.0 Å². The van der Waals surface area contributed by atoms with Gasteiger partial charge >= 0.3 is 5.97 Å². The second kappa shape index (κ2) is 7.04. The van der Waals surface area contributed by atoms with Crippen LogP contribution in [0.2, 0.25) is 0 Å². The lowest BCUT2D eigenvalue weighted by molar-refractivity contribution is -0.135. The van der Waals surface area contributed by atoms with Crippen molar-refractivity contribution in [3.63, 3.8) is 0 Å². The number of carboxylic acid groups (broad SMARTS) is 1. The van der Waals surface area contributed by atoms with Gasteiger partial charge in [-0.25, -0.2) is 4.79 Å². The molecule has 1 unspecified atom stereocenters. The average molecular weight is 336 g/mol. The zero-order valence-corrected chi connectivity index (χ0v) is 14.2. The third-order valence-electron chi connectivity index (χ3n) is 3.91. The Kier molecular flexibility index (Phi) is 5.30. The fraction of sp³-hybridized carbons (Fsp3) is 0.438. The molecule has 1 saturated heterocycles. The van der Waals surface area contributed by atoms with E-state index in [1.165, 1.54) is 34.9 Å². The number of hydrogen-bond donors (Lipinski definition) is 1. The minimum absolute atomic E-state index is 0.0559. The normalized spacial score (nSPS) is 17.4. The van der Waals surface area contributed by atoms with Gasteiger partial charge in [0.1, 0.15) is 6.04 Å². The standard InChI is InChI=1S/C16H20N2O4S/c1-10(2)17(3)15(20)13-8-23-9-18(13)14(19)11-5-4-6-12(7-11)16(21)22/h4-7,10,13H,8-9H2,1-3H3,(H,21,22). The maximum Gasteiger partial charge on any atom is 0.335 e. The van der Waals surface area contributed by atoms with Crippen molar-refractivity contribution >= 4 is 29.5 Å². The van der Waals surface area contributed by atoms with Crippen molar-refractivity contribution < 1.29 is 19.5 Å². The van der Waals surface area contributed by atoms with Crippen LogP contribution in [0.15, 0.2) is 24.3 Å². The molecular formula is C16H20N2O4S. The molecule has 6 nitrogen and oxygen atoms in total. The number of amides is 2. The minimum Gasteiger partial charge on any atom is -0.478 e. The van der Waals surface area contributed by atoms with Gasteiger partial charge < -0.3 is 14.9 Å². The number of carbonyl (C=O) groups is 3. The van der Waals surface area contributed by atoms with Gasteiger partial charge in [0.2, 0.25) is 5.91 Å². The Morgan fingerprint density at radius 1 is 1.30 bits per heavy atom. The first-order chi connectivity index (χ1) is 10.8. The first kappa shape index (κ1) is 17.3. The van der Waals surface area contributed by atoms with Crippen molar-refractivity contribution in [2.24, 2.45) is 0 Å². The molecule has 1 aliphatic rings.